The predicted octanol–water partition coefficient (Wildman–Crippen LogP) is 2.22. The summed E-state index contributed by atoms with van der Waals surface area (Å²) >= 11 is 0. The summed E-state index contributed by atoms with van der Waals surface area (Å²) in [6, 6.07) is 6.89. The molecule has 5 saturated carbocycles. The number of ether oxygens (including phenoxy) is 4. The Morgan fingerprint density at radius 2 is 1.83 bits per heavy atom. The number of esters is 1. The number of rotatable bonds is 7. The number of piperidine rings is 1. The lowest BCUT2D eigenvalue weighted by molar-refractivity contribution is -0.337. The number of fused-ring (bicyclic) bond motifs is 2. The van der Waals surface area contributed by atoms with Crippen LogP contribution in [0.15, 0.2) is 24.3 Å². The zero-order valence-corrected chi connectivity index (χ0v) is 25.2. The second-order valence-corrected chi connectivity index (χ2v) is 13.7. The number of likely N-dealkylation sites (tertiary alicyclic amines) is 1. The first-order chi connectivity index (χ1) is 20.1. The van der Waals surface area contributed by atoms with E-state index < -0.39 is 34.3 Å². The fourth-order valence-corrected chi connectivity index (χ4v) is 11.6. The number of benzene rings is 1. The lowest BCUT2D eigenvalue weighted by atomic mass is 9.44. The summed E-state index contributed by atoms with van der Waals surface area (Å²) in [6.07, 6.45) is 1.91. The number of para-hydroxylation sites is 1. The largest absolute Gasteiger partial charge is 0.454 e. The van der Waals surface area contributed by atoms with Gasteiger partial charge in [0.15, 0.2) is 0 Å². The SMILES string of the molecule is CCN1C[C@]2(OC(=O)c3ccccc3NC(C)=O)CC[C@H](OC)[C@@]34[C@@H]2C[C@@H]([C@@H]13)[C@@]1(O)C[C@H](OC)[C@H]2C[C@H]4[C@]1(O)[C@H]2OC. The summed E-state index contributed by atoms with van der Waals surface area (Å²) in [4.78, 5) is 28.3. The average Bonchev–Trinajstić information content (AvgIpc) is 3.39. The smallest absolute Gasteiger partial charge is 0.340 e. The number of nitrogens with one attached hydrogen (secondary N) is 1. The van der Waals surface area contributed by atoms with Gasteiger partial charge >= 0.3 is 5.97 Å². The number of nitrogens with zero attached hydrogens (tertiary/aromatic N) is 1. The Morgan fingerprint density at radius 3 is 2.50 bits per heavy atom. The maximum absolute atomic E-state index is 14.0. The van der Waals surface area contributed by atoms with Crippen molar-refractivity contribution in [2.24, 2.45) is 29.1 Å². The van der Waals surface area contributed by atoms with Gasteiger partial charge in [-0.05, 0) is 44.4 Å². The van der Waals surface area contributed by atoms with Crippen molar-refractivity contribution in [3.63, 3.8) is 0 Å². The second kappa shape index (κ2) is 9.46. The molecule has 1 saturated heterocycles. The van der Waals surface area contributed by atoms with E-state index in [9.17, 15) is 19.8 Å². The maximum Gasteiger partial charge on any atom is 0.340 e. The van der Waals surface area contributed by atoms with E-state index in [4.69, 9.17) is 18.9 Å². The number of hydrogen-bond donors (Lipinski definition) is 3. The second-order valence-electron chi connectivity index (χ2n) is 13.7. The fraction of sp³-hybridized carbons (Fsp3) is 0.750. The normalized spacial score (nSPS) is 48.2. The lowest BCUT2D eigenvalue weighted by Gasteiger charge is -2.70. The molecule has 6 aliphatic rings. The summed E-state index contributed by atoms with van der Waals surface area (Å²) in [7, 11) is 5.05. The molecule has 7 bridgehead atoms. The first kappa shape index (κ1) is 28.7. The molecule has 1 amide bonds. The summed E-state index contributed by atoms with van der Waals surface area (Å²) in [5.41, 5.74) is -3.57. The highest BCUT2D eigenvalue weighted by Gasteiger charge is 2.89. The van der Waals surface area contributed by atoms with Crippen molar-refractivity contribution in [2.75, 3.05) is 39.7 Å². The molecule has 7 rings (SSSR count). The minimum Gasteiger partial charge on any atom is -0.454 e. The molecule has 0 radical (unpaired) electrons. The first-order valence-corrected chi connectivity index (χ1v) is 15.4. The molecule has 1 heterocycles. The number of methoxy groups -OCH3 is 3. The number of likely N-dealkylation sites (N-methyl/N-ethyl adjacent to an activating group) is 1. The molecule has 1 aromatic rings. The molecule has 42 heavy (non-hydrogen) atoms. The molecule has 1 aliphatic heterocycles. The van der Waals surface area contributed by atoms with Crippen molar-refractivity contribution in [2.45, 2.75) is 87.1 Å². The highest BCUT2D eigenvalue weighted by Crippen LogP contribution is 2.79. The van der Waals surface area contributed by atoms with E-state index in [1.54, 1.807) is 45.6 Å². The molecular formula is C32H44N2O8. The third-order valence-corrected chi connectivity index (χ3v) is 12.6. The minimum atomic E-state index is -1.48. The van der Waals surface area contributed by atoms with Gasteiger partial charge in [0.2, 0.25) is 5.91 Å². The Morgan fingerprint density at radius 1 is 1.07 bits per heavy atom. The molecule has 5 aliphatic carbocycles. The van der Waals surface area contributed by atoms with Crippen LogP contribution in [0.4, 0.5) is 5.69 Å². The standard InChI is InChI=1S/C32H44N2O8/c1-6-34-16-29(42-28(36)18-9-7-8-10-21(18)33-17(2)35)12-11-25(40-4)31-23(29)14-20(26(31)34)30(37)15-22(39-3)19-13-24(31)32(30,38)27(19)41-5/h7-10,19-20,22-27,37-38H,6,11-16H2,1-5H3,(H,33,35)/t19-,20+,22+,23-,24-,25+,26-,27+,29-,30+,31+,32+/m1/s1. The van der Waals surface area contributed by atoms with Gasteiger partial charge in [-0.2, -0.15) is 0 Å². The molecule has 10 nitrogen and oxygen atoms in total. The zero-order valence-electron chi connectivity index (χ0n) is 25.2. The van der Waals surface area contributed by atoms with E-state index in [1.165, 1.54) is 6.92 Å². The van der Waals surface area contributed by atoms with Crippen LogP contribution in [0.3, 0.4) is 0 Å². The van der Waals surface area contributed by atoms with Gasteiger partial charge in [0.1, 0.15) is 16.8 Å². The first-order valence-electron chi connectivity index (χ1n) is 15.4. The Balaban J connectivity index is 1.38. The number of hydrogen-bond acceptors (Lipinski definition) is 9. The van der Waals surface area contributed by atoms with Gasteiger partial charge < -0.3 is 34.5 Å². The zero-order chi connectivity index (χ0) is 29.8. The van der Waals surface area contributed by atoms with E-state index in [1.807, 2.05) is 0 Å². The highest BCUT2D eigenvalue weighted by atomic mass is 16.6. The monoisotopic (exact) mass is 584 g/mol. The topological polar surface area (TPSA) is 127 Å². The average molecular weight is 585 g/mol. The number of aliphatic hydroxyl groups is 2. The molecule has 1 aromatic carbocycles. The maximum atomic E-state index is 14.0. The molecule has 12 atom stereocenters. The number of amides is 1. The predicted molar refractivity (Wildman–Crippen MR) is 152 cm³/mol. The third-order valence-electron chi connectivity index (χ3n) is 12.6. The molecule has 0 aromatic heterocycles. The van der Waals surface area contributed by atoms with Crippen LogP contribution in [-0.4, -0.2) is 103 Å². The van der Waals surface area contributed by atoms with Crippen molar-refractivity contribution in [3.05, 3.63) is 29.8 Å². The van der Waals surface area contributed by atoms with Gasteiger partial charge in [-0.15, -0.1) is 0 Å². The summed E-state index contributed by atoms with van der Waals surface area (Å²) < 4.78 is 25.1. The van der Waals surface area contributed by atoms with Crippen molar-refractivity contribution >= 4 is 17.6 Å². The molecular weight excluding hydrogens is 540 g/mol. The van der Waals surface area contributed by atoms with E-state index in [-0.39, 0.29) is 47.8 Å². The highest BCUT2D eigenvalue weighted by molar-refractivity contribution is 6.00. The van der Waals surface area contributed by atoms with Crippen LogP contribution in [0.2, 0.25) is 0 Å². The van der Waals surface area contributed by atoms with Crippen LogP contribution in [0.1, 0.15) is 56.3 Å². The van der Waals surface area contributed by atoms with Crippen molar-refractivity contribution in [3.8, 4) is 0 Å². The fourth-order valence-electron chi connectivity index (χ4n) is 11.6. The molecule has 10 heteroatoms. The van der Waals surface area contributed by atoms with Crippen molar-refractivity contribution < 1.29 is 38.7 Å². The summed E-state index contributed by atoms with van der Waals surface area (Å²) in [5.74, 6) is -1.54. The quantitative estimate of drug-likeness (QED) is 0.414. The van der Waals surface area contributed by atoms with Crippen LogP contribution in [-0.2, 0) is 23.7 Å². The van der Waals surface area contributed by atoms with Gasteiger partial charge in [-0.1, -0.05) is 19.1 Å². The van der Waals surface area contributed by atoms with Gasteiger partial charge in [0.05, 0.1) is 29.6 Å². The van der Waals surface area contributed by atoms with Crippen LogP contribution in [0.5, 0.6) is 0 Å². The third kappa shape index (κ3) is 3.21. The molecule has 3 N–H and O–H groups in total. The Kier molecular flexibility index (Phi) is 6.46. The number of anilines is 1. The van der Waals surface area contributed by atoms with Crippen molar-refractivity contribution in [1.29, 1.82) is 0 Å². The van der Waals surface area contributed by atoms with Gasteiger partial charge in [0, 0.05) is 76.3 Å². The summed E-state index contributed by atoms with van der Waals surface area (Å²) in [6.45, 7) is 4.79. The van der Waals surface area contributed by atoms with Gasteiger partial charge in [0.25, 0.3) is 0 Å². The Hall–Kier alpha value is -2.08. The lowest BCUT2D eigenvalue weighted by Crippen LogP contribution is -2.83. The van der Waals surface area contributed by atoms with Crippen LogP contribution in [0.25, 0.3) is 0 Å². The summed E-state index contributed by atoms with van der Waals surface area (Å²) in [5, 5.41) is 28.4. The van der Waals surface area contributed by atoms with E-state index in [0.717, 1.165) is 0 Å². The van der Waals surface area contributed by atoms with E-state index >= 15 is 0 Å². The van der Waals surface area contributed by atoms with E-state index in [0.29, 0.717) is 56.4 Å². The van der Waals surface area contributed by atoms with Crippen molar-refractivity contribution in [1.82, 2.24) is 4.90 Å². The van der Waals surface area contributed by atoms with Crippen LogP contribution >= 0.6 is 0 Å². The molecule has 6 fully saturated rings. The molecule has 230 valence electrons. The van der Waals surface area contributed by atoms with E-state index in [2.05, 4.69) is 17.1 Å². The number of carbonyl (C=O) groups excluding carboxylic acids is 2. The van der Waals surface area contributed by atoms with Crippen LogP contribution < -0.4 is 5.32 Å². The Labute approximate surface area is 247 Å². The molecule has 0 unspecified atom stereocenters. The number of carbonyl (C=O) groups is 2. The minimum absolute atomic E-state index is 0.0432. The Bertz CT molecular complexity index is 1290. The molecule has 1 spiro atoms. The van der Waals surface area contributed by atoms with Gasteiger partial charge in [-0.25, -0.2) is 4.79 Å². The van der Waals surface area contributed by atoms with Gasteiger partial charge in [-0.3, -0.25) is 9.69 Å². The van der Waals surface area contributed by atoms with Crippen LogP contribution in [0, 0.1) is 29.1 Å².